The normalized spacial score (nSPS) is 22.9. The number of carbonyl (C=O) groups excluding carboxylic acids is 2. The first-order chi connectivity index (χ1) is 14.9. The van der Waals surface area contributed by atoms with Gasteiger partial charge >= 0.3 is 17.6 Å². The minimum atomic E-state index is -1.16. The zero-order valence-corrected chi connectivity index (χ0v) is 18.1. The average molecular weight is 440 g/mol. The zero-order chi connectivity index (χ0) is 22.8. The monoisotopic (exact) mass is 440 g/mol. The third kappa shape index (κ3) is 7.03. The fourth-order valence-corrected chi connectivity index (χ4v) is 3.43. The summed E-state index contributed by atoms with van der Waals surface area (Å²) in [6.45, 7) is 3.51. The number of H-pyrrole nitrogens is 1. The molecule has 0 aromatic carbocycles. The van der Waals surface area contributed by atoms with E-state index in [0.29, 0.717) is 12.8 Å². The lowest BCUT2D eigenvalue weighted by atomic mass is 10.1. The van der Waals surface area contributed by atoms with Crippen molar-refractivity contribution in [2.75, 3.05) is 6.61 Å². The number of carbonyl (C=O) groups is 2. The molecule has 1 saturated heterocycles. The molecule has 1 aliphatic heterocycles. The molecule has 10 heteroatoms. The summed E-state index contributed by atoms with van der Waals surface area (Å²) in [5.74, 6) is -1.02. The summed E-state index contributed by atoms with van der Waals surface area (Å²) in [6, 6.07) is 1.13. The van der Waals surface area contributed by atoms with Crippen LogP contribution in [-0.2, 0) is 23.8 Å². The van der Waals surface area contributed by atoms with E-state index in [1.54, 1.807) is 0 Å². The fourth-order valence-electron chi connectivity index (χ4n) is 3.43. The highest BCUT2D eigenvalue weighted by Gasteiger charge is 2.50. The summed E-state index contributed by atoms with van der Waals surface area (Å²) >= 11 is 0. The summed E-state index contributed by atoms with van der Waals surface area (Å²) < 4.78 is 17.9. The van der Waals surface area contributed by atoms with Gasteiger partial charge in [0.25, 0.3) is 5.56 Å². The van der Waals surface area contributed by atoms with Crippen LogP contribution in [0.5, 0.6) is 0 Å². The third-order valence-electron chi connectivity index (χ3n) is 5.09. The number of unbranched alkanes of at least 4 members (excludes halogenated alkanes) is 4. The Morgan fingerprint density at radius 3 is 2.13 bits per heavy atom. The summed E-state index contributed by atoms with van der Waals surface area (Å²) in [6.07, 6.45) is 2.05. The van der Waals surface area contributed by atoms with Crippen LogP contribution in [-0.4, -0.2) is 51.5 Å². The third-order valence-corrected chi connectivity index (χ3v) is 5.09. The molecule has 31 heavy (non-hydrogen) atoms. The number of esters is 2. The van der Waals surface area contributed by atoms with E-state index >= 15 is 0 Å². The first kappa shape index (κ1) is 24.8. The second-order valence-corrected chi connectivity index (χ2v) is 7.59. The van der Waals surface area contributed by atoms with Crippen LogP contribution in [0.1, 0.15) is 71.4 Å². The van der Waals surface area contributed by atoms with Gasteiger partial charge in [0.05, 0.1) is 6.61 Å². The largest absolute Gasteiger partial charge is 0.455 e. The van der Waals surface area contributed by atoms with E-state index in [1.165, 1.54) is 6.20 Å². The Bertz CT molecular complexity index is 833. The topological polar surface area (TPSA) is 137 Å². The molecule has 0 radical (unpaired) electrons. The number of aliphatic hydroxyl groups is 1. The zero-order valence-electron chi connectivity index (χ0n) is 18.1. The standard InChI is InChI=1S/C21H32N2O8/c1-3-5-7-9-16(26)30-18-14(13-24)29-20(23-12-11-15(25)22-21(23)28)19(18)31-17(27)10-8-6-4-2/h11-12,14,18-20,24H,3-10,13H2,1-2H3,(H,22,25,28)/t14-,18-,19-,20-/m1/s1. The highest BCUT2D eigenvalue weighted by atomic mass is 16.6. The van der Waals surface area contributed by atoms with Gasteiger partial charge < -0.3 is 19.3 Å². The lowest BCUT2D eigenvalue weighted by molar-refractivity contribution is -0.169. The van der Waals surface area contributed by atoms with E-state index in [4.69, 9.17) is 14.2 Å². The first-order valence-electron chi connectivity index (χ1n) is 10.9. The summed E-state index contributed by atoms with van der Waals surface area (Å²) in [5.41, 5.74) is -1.36. The predicted octanol–water partition coefficient (Wildman–Crippen LogP) is 1.41. The van der Waals surface area contributed by atoms with Gasteiger partial charge in [0, 0.05) is 25.1 Å². The van der Waals surface area contributed by atoms with Gasteiger partial charge in [0.1, 0.15) is 6.10 Å². The molecule has 1 aliphatic rings. The van der Waals surface area contributed by atoms with Crippen molar-refractivity contribution in [2.45, 2.75) is 89.8 Å². The van der Waals surface area contributed by atoms with Crippen LogP contribution in [0.2, 0.25) is 0 Å². The SMILES string of the molecule is CCCCCC(=O)O[C@@H]1[C@H](OC(=O)CCCCC)[C@@H](CO)O[C@H]1n1ccc(=O)[nH]c1=O. The molecule has 0 spiro atoms. The molecule has 10 nitrogen and oxygen atoms in total. The van der Waals surface area contributed by atoms with Crippen LogP contribution in [0.4, 0.5) is 0 Å². The molecule has 0 bridgehead atoms. The van der Waals surface area contributed by atoms with Gasteiger partial charge in [-0.2, -0.15) is 0 Å². The van der Waals surface area contributed by atoms with Gasteiger partial charge in [-0.25, -0.2) is 4.79 Å². The van der Waals surface area contributed by atoms with Crippen LogP contribution in [0.15, 0.2) is 21.9 Å². The predicted molar refractivity (Wildman–Crippen MR) is 110 cm³/mol. The Hall–Kier alpha value is -2.46. The molecule has 2 rings (SSSR count). The molecule has 1 fully saturated rings. The number of aliphatic hydroxyl groups excluding tert-OH is 1. The summed E-state index contributed by atoms with van der Waals surface area (Å²) in [7, 11) is 0. The van der Waals surface area contributed by atoms with E-state index in [2.05, 4.69) is 4.98 Å². The molecule has 0 saturated carbocycles. The molecule has 174 valence electrons. The van der Waals surface area contributed by atoms with Gasteiger partial charge in [-0.15, -0.1) is 0 Å². The number of aromatic amines is 1. The van der Waals surface area contributed by atoms with Gasteiger partial charge in [-0.05, 0) is 12.8 Å². The second-order valence-electron chi connectivity index (χ2n) is 7.59. The average Bonchev–Trinajstić information content (AvgIpc) is 3.05. The highest BCUT2D eigenvalue weighted by molar-refractivity contribution is 5.70. The van der Waals surface area contributed by atoms with Crippen molar-refractivity contribution in [3.05, 3.63) is 33.1 Å². The van der Waals surface area contributed by atoms with Crippen LogP contribution >= 0.6 is 0 Å². The highest BCUT2D eigenvalue weighted by Crippen LogP contribution is 2.33. The molecule has 0 amide bonds. The smallest absolute Gasteiger partial charge is 0.330 e. The first-order valence-corrected chi connectivity index (χ1v) is 10.9. The quantitative estimate of drug-likeness (QED) is 0.368. The summed E-state index contributed by atoms with van der Waals surface area (Å²) in [4.78, 5) is 50.5. The second kappa shape index (κ2) is 12.4. The Balaban J connectivity index is 2.26. The molecule has 1 aromatic rings. The van der Waals surface area contributed by atoms with E-state index in [9.17, 15) is 24.3 Å². The number of hydrogen-bond acceptors (Lipinski definition) is 8. The molecular formula is C21H32N2O8. The van der Waals surface area contributed by atoms with Crippen molar-refractivity contribution in [3.8, 4) is 0 Å². The molecule has 0 aliphatic carbocycles. The fraction of sp³-hybridized carbons (Fsp3) is 0.714. The van der Waals surface area contributed by atoms with Gasteiger partial charge in [0.15, 0.2) is 18.4 Å². The van der Waals surface area contributed by atoms with E-state index in [1.807, 2.05) is 13.8 Å². The molecule has 0 unspecified atom stereocenters. The van der Waals surface area contributed by atoms with Crippen molar-refractivity contribution in [2.24, 2.45) is 0 Å². The number of hydrogen-bond donors (Lipinski definition) is 2. The summed E-state index contributed by atoms with van der Waals surface area (Å²) in [5, 5.41) is 9.76. The van der Waals surface area contributed by atoms with Crippen LogP contribution < -0.4 is 11.2 Å². The van der Waals surface area contributed by atoms with E-state index < -0.39 is 54.3 Å². The van der Waals surface area contributed by atoms with Crippen LogP contribution in [0.3, 0.4) is 0 Å². The maximum absolute atomic E-state index is 12.4. The van der Waals surface area contributed by atoms with Gasteiger partial charge in [-0.3, -0.25) is 23.9 Å². The minimum absolute atomic E-state index is 0.165. The van der Waals surface area contributed by atoms with Gasteiger partial charge in [0.2, 0.25) is 0 Å². The number of aromatic nitrogens is 2. The van der Waals surface area contributed by atoms with E-state index in [0.717, 1.165) is 36.3 Å². The molecule has 2 heterocycles. The number of nitrogens with one attached hydrogen (secondary N) is 1. The Morgan fingerprint density at radius 1 is 1.03 bits per heavy atom. The molecule has 2 N–H and O–H groups in total. The molecule has 4 atom stereocenters. The Labute approximate surface area is 180 Å². The van der Waals surface area contributed by atoms with Crippen molar-refractivity contribution >= 4 is 11.9 Å². The number of ether oxygens (including phenoxy) is 3. The van der Waals surface area contributed by atoms with E-state index in [-0.39, 0.29) is 12.8 Å². The minimum Gasteiger partial charge on any atom is -0.455 e. The van der Waals surface area contributed by atoms with Crippen molar-refractivity contribution in [3.63, 3.8) is 0 Å². The van der Waals surface area contributed by atoms with Crippen molar-refractivity contribution in [1.82, 2.24) is 9.55 Å². The maximum Gasteiger partial charge on any atom is 0.330 e. The molecular weight excluding hydrogens is 408 g/mol. The van der Waals surface area contributed by atoms with Crippen molar-refractivity contribution in [1.29, 1.82) is 0 Å². The molecule has 1 aromatic heterocycles. The lowest BCUT2D eigenvalue weighted by Gasteiger charge is -2.24. The van der Waals surface area contributed by atoms with Gasteiger partial charge in [-0.1, -0.05) is 39.5 Å². The van der Waals surface area contributed by atoms with Crippen LogP contribution in [0, 0.1) is 0 Å². The number of rotatable bonds is 12. The number of nitrogens with zero attached hydrogens (tertiary/aromatic N) is 1. The lowest BCUT2D eigenvalue weighted by Crippen LogP contribution is -2.42. The van der Waals surface area contributed by atoms with Crippen molar-refractivity contribution < 1.29 is 28.9 Å². The Kier molecular flexibility index (Phi) is 9.93. The van der Waals surface area contributed by atoms with Crippen LogP contribution in [0.25, 0.3) is 0 Å². The maximum atomic E-state index is 12.4. The Morgan fingerprint density at radius 2 is 1.61 bits per heavy atom.